The van der Waals surface area contributed by atoms with E-state index in [4.69, 9.17) is 9.47 Å². The molecule has 0 saturated carbocycles. The highest BCUT2D eigenvalue weighted by atomic mass is 16.5. The van der Waals surface area contributed by atoms with Crippen molar-refractivity contribution in [1.82, 2.24) is 10.2 Å². The molecule has 0 aromatic heterocycles. The number of nitrogens with one attached hydrogen (secondary N) is 1. The van der Waals surface area contributed by atoms with Gasteiger partial charge in [0, 0.05) is 19.7 Å². The molecule has 6 nitrogen and oxygen atoms in total. The van der Waals surface area contributed by atoms with E-state index in [1.807, 2.05) is 13.8 Å². The van der Waals surface area contributed by atoms with E-state index in [2.05, 4.69) is 5.32 Å². The van der Waals surface area contributed by atoms with E-state index in [1.54, 1.807) is 18.9 Å². The summed E-state index contributed by atoms with van der Waals surface area (Å²) in [5.41, 5.74) is 0. The van der Waals surface area contributed by atoms with Gasteiger partial charge in [-0.15, -0.1) is 0 Å². The van der Waals surface area contributed by atoms with Crippen LogP contribution in [-0.4, -0.2) is 62.8 Å². The van der Waals surface area contributed by atoms with E-state index in [1.165, 1.54) is 0 Å². The number of esters is 1. The number of methoxy groups -OCH3 is 1. The van der Waals surface area contributed by atoms with Crippen molar-refractivity contribution < 1.29 is 19.1 Å². The lowest BCUT2D eigenvalue weighted by Crippen LogP contribution is -2.44. The molecular formula is C12H24N2O4. The Balaban J connectivity index is 4.10. The minimum Gasteiger partial charge on any atom is -0.465 e. The van der Waals surface area contributed by atoms with Crippen LogP contribution in [0.1, 0.15) is 20.8 Å². The number of hydrogen-bond donors (Lipinski definition) is 1. The van der Waals surface area contributed by atoms with E-state index in [-0.39, 0.29) is 31.0 Å². The second kappa shape index (κ2) is 9.85. The molecule has 0 atom stereocenters. The Morgan fingerprint density at radius 2 is 1.94 bits per heavy atom. The van der Waals surface area contributed by atoms with Crippen LogP contribution >= 0.6 is 0 Å². The smallest absolute Gasteiger partial charge is 0.320 e. The van der Waals surface area contributed by atoms with E-state index in [0.717, 1.165) is 0 Å². The Morgan fingerprint density at radius 3 is 2.44 bits per heavy atom. The second-order valence-electron chi connectivity index (χ2n) is 4.15. The number of carbonyl (C=O) groups is 2. The maximum atomic E-state index is 11.6. The van der Waals surface area contributed by atoms with Crippen LogP contribution in [0.2, 0.25) is 0 Å². The van der Waals surface area contributed by atoms with E-state index in [0.29, 0.717) is 19.8 Å². The van der Waals surface area contributed by atoms with Crippen molar-refractivity contribution in [2.24, 2.45) is 0 Å². The summed E-state index contributed by atoms with van der Waals surface area (Å²) in [4.78, 5) is 24.8. The molecule has 0 aliphatic rings. The fourth-order valence-electron chi connectivity index (χ4n) is 1.33. The van der Waals surface area contributed by atoms with E-state index < -0.39 is 0 Å². The molecule has 0 aromatic rings. The maximum Gasteiger partial charge on any atom is 0.320 e. The molecule has 0 fully saturated rings. The molecule has 0 aliphatic heterocycles. The Bertz CT molecular complexity index is 256. The third-order valence-corrected chi connectivity index (χ3v) is 2.34. The van der Waals surface area contributed by atoms with Crippen LogP contribution in [0.3, 0.4) is 0 Å². The predicted molar refractivity (Wildman–Crippen MR) is 68.2 cm³/mol. The quantitative estimate of drug-likeness (QED) is 0.468. The van der Waals surface area contributed by atoms with Crippen LogP contribution in [0.25, 0.3) is 0 Å². The van der Waals surface area contributed by atoms with Gasteiger partial charge in [0.05, 0.1) is 26.3 Å². The molecule has 0 aliphatic carbocycles. The first-order chi connectivity index (χ1) is 8.51. The molecule has 0 unspecified atom stereocenters. The second-order valence-corrected chi connectivity index (χ2v) is 4.15. The Labute approximate surface area is 109 Å². The SMILES string of the molecule is CCOC(=O)CN(CC(=O)NCCOC)C(C)C. The van der Waals surface area contributed by atoms with Gasteiger partial charge in [0.25, 0.3) is 0 Å². The largest absolute Gasteiger partial charge is 0.465 e. The van der Waals surface area contributed by atoms with Crippen LogP contribution in [0.15, 0.2) is 0 Å². The summed E-state index contributed by atoms with van der Waals surface area (Å²) in [6.45, 7) is 7.23. The zero-order chi connectivity index (χ0) is 14.0. The van der Waals surface area contributed by atoms with Gasteiger partial charge < -0.3 is 14.8 Å². The Kier molecular flexibility index (Phi) is 9.22. The van der Waals surface area contributed by atoms with Gasteiger partial charge >= 0.3 is 5.97 Å². The van der Waals surface area contributed by atoms with Crippen LogP contribution in [0.5, 0.6) is 0 Å². The number of nitrogens with zero attached hydrogens (tertiary/aromatic N) is 1. The summed E-state index contributed by atoms with van der Waals surface area (Å²) in [5.74, 6) is -0.430. The van der Waals surface area contributed by atoms with Gasteiger partial charge in [0.2, 0.25) is 5.91 Å². The molecule has 0 spiro atoms. The molecule has 0 radical (unpaired) electrons. The highest BCUT2D eigenvalue weighted by Gasteiger charge is 2.17. The molecule has 0 rings (SSSR count). The van der Waals surface area contributed by atoms with Gasteiger partial charge in [0.1, 0.15) is 0 Å². The van der Waals surface area contributed by atoms with Crippen molar-refractivity contribution in [3.05, 3.63) is 0 Å². The zero-order valence-corrected chi connectivity index (χ0v) is 11.7. The first-order valence-corrected chi connectivity index (χ1v) is 6.16. The summed E-state index contributed by atoms with van der Waals surface area (Å²) in [6, 6.07) is 0.0996. The number of amides is 1. The summed E-state index contributed by atoms with van der Waals surface area (Å²) in [5, 5.41) is 2.72. The van der Waals surface area contributed by atoms with Gasteiger partial charge in [-0.1, -0.05) is 0 Å². The zero-order valence-electron chi connectivity index (χ0n) is 11.7. The van der Waals surface area contributed by atoms with E-state index >= 15 is 0 Å². The number of ether oxygens (including phenoxy) is 2. The normalized spacial score (nSPS) is 10.8. The summed E-state index contributed by atoms with van der Waals surface area (Å²) in [7, 11) is 1.58. The molecule has 0 heterocycles. The average molecular weight is 260 g/mol. The van der Waals surface area contributed by atoms with Crippen molar-refractivity contribution in [2.45, 2.75) is 26.8 Å². The highest BCUT2D eigenvalue weighted by molar-refractivity contribution is 5.79. The Morgan fingerprint density at radius 1 is 1.28 bits per heavy atom. The minimum atomic E-state index is -0.309. The van der Waals surface area contributed by atoms with Crippen molar-refractivity contribution in [1.29, 1.82) is 0 Å². The maximum absolute atomic E-state index is 11.6. The van der Waals surface area contributed by atoms with Crippen molar-refractivity contribution in [3.63, 3.8) is 0 Å². The van der Waals surface area contributed by atoms with E-state index in [9.17, 15) is 9.59 Å². The predicted octanol–water partition coefficient (Wildman–Crippen LogP) is 0.0225. The molecule has 0 aromatic carbocycles. The van der Waals surface area contributed by atoms with Gasteiger partial charge in [-0.3, -0.25) is 14.5 Å². The van der Waals surface area contributed by atoms with Gasteiger partial charge in [-0.2, -0.15) is 0 Å². The molecule has 6 heteroatoms. The van der Waals surface area contributed by atoms with Gasteiger partial charge in [-0.25, -0.2) is 0 Å². The fraction of sp³-hybridized carbons (Fsp3) is 0.833. The van der Waals surface area contributed by atoms with Crippen molar-refractivity contribution >= 4 is 11.9 Å². The lowest BCUT2D eigenvalue weighted by molar-refractivity contribution is -0.145. The lowest BCUT2D eigenvalue weighted by Gasteiger charge is -2.24. The van der Waals surface area contributed by atoms with Crippen molar-refractivity contribution in [2.75, 3.05) is 40.0 Å². The first kappa shape index (κ1) is 16.9. The van der Waals surface area contributed by atoms with Gasteiger partial charge in [-0.05, 0) is 20.8 Å². The molecule has 106 valence electrons. The third kappa shape index (κ3) is 8.03. The lowest BCUT2D eigenvalue weighted by atomic mass is 10.3. The first-order valence-electron chi connectivity index (χ1n) is 6.16. The summed E-state index contributed by atoms with van der Waals surface area (Å²) >= 11 is 0. The Hall–Kier alpha value is -1.14. The molecule has 0 saturated heterocycles. The molecular weight excluding hydrogens is 236 g/mol. The summed E-state index contributed by atoms with van der Waals surface area (Å²) < 4.78 is 9.71. The van der Waals surface area contributed by atoms with Crippen LogP contribution in [0, 0.1) is 0 Å². The monoisotopic (exact) mass is 260 g/mol. The molecule has 1 N–H and O–H groups in total. The molecule has 0 bridgehead atoms. The fourth-order valence-corrected chi connectivity index (χ4v) is 1.33. The number of carbonyl (C=O) groups excluding carboxylic acids is 2. The van der Waals surface area contributed by atoms with Crippen LogP contribution < -0.4 is 5.32 Å². The highest BCUT2D eigenvalue weighted by Crippen LogP contribution is 1.98. The number of rotatable bonds is 9. The van der Waals surface area contributed by atoms with Crippen LogP contribution in [-0.2, 0) is 19.1 Å². The summed E-state index contributed by atoms with van der Waals surface area (Å²) in [6.07, 6.45) is 0. The van der Waals surface area contributed by atoms with Crippen molar-refractivity contribution in [3.8, 4) is 0 Å². The van der Waals surface area contributed by atoms with Crippen LogP contribution in [0.4, 0.5) is 0 Å². The standard InChI is InChI=1S/C12H24N2O4/c1-5-18-12(16)9-14(10(2)3)8-11(15)13-6-7-17-4/h10H,5-9H2,1-4H3,(H,13,15). The topological polar surface area (TPSA) is 67.9 Å². The molecule has 1 amide bonds. The third-order valence-electron chi connectivity index (χ3n) is 2.34. The van der Waals surface area contributed by atoms with Gasteiger partial charge in [0.15, 0.2) is 0 Å². The molecule has 18 heavy (non-hydrogen) atoms. The minimum absolute atomic E-state index is 0.0996. The average Bonchev–Trinajstić information content (AvgIpc) is 2.28. The number of hydrogen-bond acceptors (Lipinski definition) is 5.